The Morgan fingerprint density at radius 3 is 2.78 bits per heavy atom. The molecule has 1 aliphatic heterocycles. The lowest BCUT2D eigenvalue weighted by molar-refractivity contribution is -0.130. The lowest BCUT2D eigenvalue weighted by Gasteiger charge is -2.14. The summed E-state index contributed by atoms with van der Waals surface area (Å²) in [6, 6.07) is 6.49. The maximum atomic E-state index is 12.3. The van der Waals surface area contributed by atoms with Gasteiger partial charge in [-0.05, 0) is 25.0 Å². The van der Waals surface area contributed by atoms with Crippen molar-refractivity contribution in [2.24, 2.45) is 0 Å². The molecule has 1 saturated heterocycles. The van der Waals surface area contributed by atoms with Crippen molar-refractivity contribution in [2.75, 3.05) is 6.54 Å². The van der Waals surface area contributed by atoms with E-state index in [1.807, 2.05) is 48.9 Å². The second kappa shape index (κ2) is 8.03. The van der Waals surface area contributed by atoms with Crippen LogP contribution in [0.25, 0.3) is 5.69 Å². The number of hydrogen-bond donors (Lipinski definition) is 2. The first kappa shape index (κ1) is 18.6. The molecule has 0 spiro atoms. The topological polar surface area (TPSA) is 96.3 Å². The summed E-state index contributed by atoms with van der Waals surface area (Å²) in [7, 11) is 0. The Hall–Kier alpha value is -3.16. The number of rotatable bonds is 7. The summed E-state index contributed by atoms with van der Waals surface area (Å²) in [5, 5.41) is 5.41. The van der Waals surface area contributed by atoms with Gasteiger partial charge in [-0.25, -0.2) is 9.78 Å². The van der Waals surface area contributed by atoms with Crippen molar-refractivity contribution in [1.82, 2.24) is 25.1 Å². The summed E-state index contributed by atoms with van der Waals surface area (Å²) in [4.78, 5) is 41.7. The van der Waals surface area contributed by atoms with Crippen molar-refractivity contribution >= 4 is 17.8 Å². The molecule has 4 amide bonds. The number of nitrogens with one attached hydrogen (secondary N) is 2. The summed E-state index contributed by atoms with van der Waals surface area (Å²) in [5.74, 6) is 0.222. The Kier molecular flexibility index (Phi) is 5.54. The quantitative estimate of drug-likeness (QED) is 0.723. The number of para-hydroxylation sites is 1. The fourth-order valence-corrected chi connectivity index (χ4v) is 3.13. The summed E-state index contributed by atoms with van der Waals surface area (Å²) in [6.07, 6.45) is 4.20. The van der Waals surface area contributed by atoms with Crippen molar-refractivity contribution < 1.29 is 14.4 Å². The Labute approximate surface area is 157 Å². The number of carbonyl (C=O) groups excluding carboxylic acids is 3. The lowest BCUT2D eigenvalue weighted by atomic mass is 10.1. The molecule has 142 valence electrons. The molecule has 0 saturated carbocycles. The van der Waals surface area contributed by atoms with Gasteiger partial charge in [-0.2, -0.15) is 0 Å². The normalized spacial score (nSPS) is 16.5. The lowest BCUT2D eigenvalue weighted by Crippen LogP contribution is -2.36. The third-order valence-corrected chi connectivity index (χ3v) is 4.50. The van der Waals surface area contributed by atoms with E-state index in [4.69, 9.17) is 0 Å². The van der Waals surface area contributed by atoms with E-state index in [0.29, 0.717) is 19.5 Å². The number of hydrogen-bond acceptors (Lipinski definition) is 4. The first-order valence-corrected chi connectivity index (χ1v) is 8.98. The molecule has 1 atom stereocenters. The van der Waals surface area contributed by atoms with E-state index in [1.165, 1.54) is 0 Å². The number of benzene rings is 1. The molecule has 2 heterocycles. The van der Waals surface area contributed by atoms with Crippen LogP contribution in [0.4, 0.5) is 4.79 Å². The third kappa shape index (κ3) is 3.99. The zero-order valence-electron chi connectivity index (χ0n) is 15.4. The van der Waals surface area contributed by atoms with E-state index in [1.54, 1.807) is 6.20 Å². The SMILES string of the molecule is CCCN1C(=O)N[C@H](CC(=O)NCc2ccccc2-n2ccnc2C)C1=O. The molecule has 1 aromatic carbocycles. The first-order chi connectivity index (χ1) is 13.0. The minimum Gasteiger partial charge on any atom is -0.352 e. The van der Waals surface area contributed by atoms with E-state index in [2.05, 4.69) is 15.6 Å². The zero-order chi connectivity index (χ0) is 19.4. The third-order valence-electron chi connectivity index (χ3n) is 4.50. The van der Waals surface area contributed by atoms with E-state index >= 15 is 0 Å². The van der Waals surface area contributed by atoms with Gasteiger partial charge in [-0.15, -0.1) is 0 Å². The van der Waals surface area contributed by atoms with Crippen LogP contribution in [0.5, 0.6) is 0 Å². The number of imide groups is 1. The van der Waals surface area contributed by atoms with Crippen LogP contribution in [-0.2, 0) is 16.1 Å². The van der Waals surface area contributed by atoms with Gasteiger partial charge in [0.1, 0.15) is 11.9 Å². The molecule has 3 rings (SSSR count). The highest BCUT2D eigenvalue weighted by Crippen LogP contribution is 2.16. The largest absolute Gasteiger partial charge is 0.352 e. The number of urea groups is 1. The van der Waals surface area contributed by atoms with E-state index in [-0.39, 0.29) is 18.2 Å². The maximum absolute atomic E-state index is 12.3. The standard InChI is InChI=1S/C19H23N5O3/c1-3-9-24-18(26)15(22-19(24)27)11-17(25)21-12-14-6-4-5-7-16(14)23-10-8-20-13(23)2/h4-8,10,15H,3,9,11-12H2,1-2H3,(H,21,25)(H,22,27)/t15-/m1/s1. The molecular weight excluding hydrogens is 346 g/mol. The summed E-state index contributed by atoms with van der Waals surface area (Å²) < 4.78 is 1.95. The second-order valence-electron chi connectivity index (χ2n) is 6.45. The zero-order valence-corrected chi connectivity index (χ0v) is 15.4. The predicted octanol–water partition coefficient (Wildman–Crippen LogP) is 1.52. The number of aromatic nitrogens is 2. The average molecular weight is 369 g/mol. The molecule has 2 aromatic rings. The van der Waals surface area contributed by atoms with E-state index < -0.39 is 12.1 Å². The Morgan fingerprint density at radius 2 is 2.07 bits per heavy atom. The average Bonchev–Trinajstić information content (AvgIpc) is 3.19. The molecule has 8 nitrogen and oxygen atoms in total. The molecule has 0 bridgehead atoms. The van der Waals surface area contributed by atoms with Crippen molar-refractivity contribution in [3.05, 3.63) is 48.0 Å². The molecule has 0 unspecified atom stereocenters. The van der Waals surface area contributed by atoms with Crippen LogP contribution in [0.15, 0.2) is 36.7 Å². The van der Waals surface area contributed by atoms with Crippen LogP contribution in [0.3, 0.4) is 0 Å². The molecule has 0 radical (unpaired) electrons. The summed E-state index contributed by atoms with van der Waals surface area (Å²) in [5.41, 5.74) is 1.87. The molecule has 1 fully saturated rings. The number of nitrogens with zero attached hydrogens (tertiary/aromatic N) is 3. The number of imidazole rings is 1. The molecule has 1 aromatic heterocycles. The highest BCUT2D eigenvalue weighted by molar-refractivity contribution is 6.05. The number of aryl methyl sites for hydroxylation is 1. The molecule has 27 heavy (non-hydrogen) atoms. The van der Waals surface area contributed by atoms with Gasteiger partial charge in [0, 0.05) is 25.5 Å². The van der Waals surface area contributed by atoms with Crippen molar-refractivity contribution in [3.8, 4) is 5.69 Å². The minimum absolute atomic E-state index is 0.0724. The van der Waals surface area contributed by atoms with Crippen LogP contribution in [0, 0.1) is 6.92 Å². The first-order valence-electron chi connectivity index (χ1n) is 8.98. The Bertz CT molecular complexity index is 861. The van der Waals surface area contributed by atoms with Crippen molar-refractivity contribution in [1.29, 1.82) is 0 Å². The van der Waals surface area contributed by atoms with Gasteiger partial charge >= 0.3 is 6.03 Å². The molecular formula is C19H23N5O3. The summed E-state index contributed by atoms with van der Waals surface area (Å²) >= 11 is 0. The minimum atomic E-state index is -0.796. The Balaban J connectivity index is 1.62. The van der Waals surface area contributed by atoms with Crippen LogP contribution < -0.4 is 10.6 Å². The molecule has 8 heteroatoms. The van der Waals surface area contributed by atoms with Crippen LogP contribution in [0.1, 0.15) is 31.2 Å². The highest BCUT2D eigenvalue weighted by atomic mass is 16.2. The monoisotopic (exact) mass is 369 g/mol. The van der Waals surface area contributed by atoms with Crippen molar-refractivity contribution in [3.63, 3.8) is 0 Å². The van der Waals surface area contributed by atoms with E-state index in [9.17, 15) is 14.4 Å². The van der Waals surface area contributed by atoms with Crippen LogP contribution in [0.2, 0.25) is 0 Å². The number of carbonyl (C=O) groups is 3. The fourth-order valence-electron chi connectivity index (χ4n) is 3.13. The molecule has 2 N–H and O–H groups in total. The smallest absolute Gasteiger partial charge is 0.324 e. The van der Waals surface area contributed by atoms with Gasteiger partial charge in [-0.3, -0.25) is 14.5 Å². The van der Waals surface area contributed by atoms with Crippen LogP contribution >= 0.6 is 0 Å². The second-order valence-corrected chi connectivity index (χ2v) is 6.45. The predicted molar refractivity (Wildman–Crippen MR) is 99.1 cm³/mol. The highest BCUT2D eigenvalue weighted by Gasteiger charge is 2.38. The van der Waals surface area contributed by atoms with Gasteiger partial charge in [0.25, 0.3) is 5.91 Å². The van der Waals surface area contributed by atoms with Crippen LogP contribution in [-0.4, -0.2) is 44.9 Å². The fraction of sp³-hybridized carbons (Fsp3) is 0.368. The Morgan fingerprint density at radius 1 is 1.30 bits per heavy atom. The van der Waals surface area contributed by atoms with Gasteiger partial charge < -0.3 is 15.2 Å². The van der Waals surface area contributed by atoms with Crippen molar-refractivity contribution in [2.45, 2.75) is 39.3 Å². The molecule has 0 aliphatic carbocycles. The maximum Gasteiger partial charge on any atom is 0.324 e. The van der Waals surface area contributed by atoms with Gasteiger partial charge in [0.15, 0.2) is 0 Å². The summed E-state index contributed by atoms with van der Waals surface area (Å²) in [6.45, 7) is 4.48. The van der Waals surface area contributed by atoms with Gasteiger partial charge in [-0.1, -0.05) is 25.1 Å². The van der Waals surface area contributed by atoms with Gasteiger partial charge in [0.2, 0.25) is 5.91 Å². The molecule has 1 aliphatic rings. The van der Waals surface area contributed by atoms with Gasteiger partial charge in [0.05, 0.1) is 12.1 Å². The van der Waals surface area contributed by atoms with E-state index in [0.717, 1.165) is 22.0 Å². The number of amides is 4.